The molecule has 0 atom stereocenters. The van der Waals surface area contributed by atoms with Gasteiger partial charge in [-0.05, 0) is 35.4 Å². The molecule has 24 heavy (non-hydrogen) atoms. The predicted molar refractivity (Wildman–Crippen MR) is 89.5 cm³/mol. The third kappa shape index (κ3) is 3.17. The number of anilines is 1. The van der Waals surface area contributed by atoms with Crippen LogP contribution in [0, 0.1) is 0 Å². The highest BCUT2D eigenvalue weighted by molar-refractivity contribution is 5.99. The molecule has 2 N–H and O–H groups in total. The van der Waals surface area contributed by atoms with E-state index in [-0.39, 0.29) is 11.8 Å². The van der Waals surface area contributed by atoms with Crippen LogP contribution in [0.1, 0.15) is 21.5 Å². The summed E-state index contributed by atoms with van der Waals surface area (Å²) in [5.74, 6) is 0.874. The van der Waals surface area contributed by atoms with Crippen molar-refractivity contribution in [2.24, 2.45) is 0 Å². The Bertz CT molecular complexity index is 802. The van der Waals surface area contributed by atoms with Crippen molar-refractivity contribution in [1.82, 2.24) is 5.32 Å². The number of fused-ring (bicyclic) bond motifs is 1. The molecule has 2 aromatic carbocycles. The van der Waals surface area contributed by atoms with Gasteiger partial charge in [-0.2, -0.15) is 0 Å². The lowest BCUT2D eigenvalue weighted by atomic mass is 10.1. The maximum atomic E-state index is 12.3. The minimum atomic E-state index is -0.203. The van der Waals surface area contributed by atoms with Crippen molar-refractivity contribution < 1.29 is 19.1 Å². The van der Waals surface area contributed by atoms with Crippen LogP contribution in [0.4, 0.5) is 5.69 Å². The van der Waals surface area contributed by atoms with Crippen LogP contribution in [0.2, 0.25) is 0 Å². The van der Waals surface area contributed by atoms with Gasteiger partial charge < -0.3 is 20.1 Å². The van der Waals surface area contributed by atoms with Gasteiger partial charge >= 0.3 is 0 Å². The minimum Gasteiger partial charge on any atom is -0.493 e. The van der Waals surface area contributed by atoms with Crippen LogP contribution < -0.4 is 20.1 Å². The van der Waals surface area contributed by atoms with Crippen molar-refractivity contribution in [3.8, 4) is 11.5 Å². The van der Waals surface area contributed by atoms with Crippen LogP contribution in [0.15, 0.2) is 36.4 Å². The monoisotopic (exact) mass is 326 g/mol. The smallest absolute Gasteiger partial charge is 0.251 e. The Kier molecular flexibility index (Phi) is 4.37. The maximum absolute atomic E-state index is 12.3. The SMILES string of the molecule is COc1ccc(C(=O)NCc2ccc3c(c2)CC(=O)N3)cc1OC. The Morgan fingerprint density at radius 1 is 1.12 bits per heavy atom. The summed E-state index contributed by atoms with van der Waals surface area (Å²) >= 11 is 0. The zero-order valence-corrected chi connectivity index (χ0v) is 13.5. The number of hydrogen-bond acceptors (Lipinski definition) is 4. The molecule has 0 aromatic heterocycles. The van der Waals surface area contributed by atoms with Gasteiger partial charge in [-0.3, -0.25) is 9.59 Å². The van der Waals surface area contributed by atoms with E-state index in [4.69, 9.17) is 9.47 Å². The number of rotatable bonds is 5. The summed E-state index contributed by atoms with van der Waals surface area (Å²) in [4.78, 5) is 23.7. The molecule has 0 fully saturated rings. The summed E-state index contributed by atoms with van der Waals surface area (Å²) in [5.41, 5.74) is 3.23. The Labute approximate surface area is 139 Å². The molecule has 0 aliphatic carbocycles. The van der Waals surface area contributed by atoms with Crippen LogP contribution >= 0.6 is 0 Å². The van der Waals surface area contributed by atoms with E-state index in [1.165, 1.54) is 7.11 Å². The normalized spacial score (nSPS) is 12.3. The van der Waals surface area contributed by atoms with E-state index < -0.39 is 0 Å². The molecule has 2 amide bonds. The van der Waals surface area contributed by atoms with E-state index >= 15 is 0 Å². The standard InChI is InChI=1S/C18H18N2O4/c1-23-15-6-4-12(8-16(15)24-2)18(22)19-10-11-3-5-14-13(7-11)9-17(21)20-14/h3-8H,9-10H2,1-2H3,(H,19,22)(H,20,21). The number of hydrogen-bond donors (Lipinski definition) is 2. The molecule has 0 saturated heterocycles. The second kappa shape index (κ2) is 6.62. The molecule has 1 heterocycles. The van der Waals surface area contributed by atoms with E-state index in [1.807, 2.05) is 18.2 Å². The number of benzene rings is 2. The van der Waals surface area contributed by atoms with Crippen molar-refractivity contribution in [1.29, 1.82) is 0 Å². The molecule has 0 spiro atoms. The molecular weight excluding hydrogens is 308 g/mol. The van der Waals surface area contributed by atoms with E-state index in [0.29, 0.717) is 30.0 Å². The third-order valence-corrected chi connectivity index (χ3v) is 3.89. The summed E-state index contributed by atoms with van der Waals surface area (Å²) in [6.45, 7) is 0.384. The fourth-order valence-electron chi connectivity index (χ4n) is 2.65. The summed E-state index contributed by atoms with van der Waals surface area (Å²) < 4.78 is 10.4. The number of amides is 2. The molecule has 6 heteroatoms. The molecule has 0 unspecified atom stereocenters. The molecular formula is C18H18N2O4. The first-order valence-corrected chi connectivity index (χ1v) is 7.52. The van der Waals surface area contributed by atoms with Crippen molar-refractivity contribution >= 4 is 17.5 Å². The van der Waals surface area contributed by atoms with Gasteiger partial charge in [-0.1, -0.05) is 12.1 Å². The Morgan fingerprint density at radius 2 is 1.92 bits per heavy atom. The highest BCUT2D eigenvalue weighted by Crippen LogP contribution is 2.27. The van der Waals surface area contributed by atoms with E-state index in [1.54, 1.807) is 25.3 Å². The molecule has 3 rings (SSSR count). The van der Waals surface area contributed by atoms with Crippen molar-refractivity contribution in [2.45, 2.75) is 13.0 Å². The van der Waals surface area contributed by atoms with Gasteiger partial charge in [0, 0.05) is 17.8 Å². The second-order valence-corrected chi connectivity index (χ2v) is 5.47. The molecule has 124 valence electrons. The molecule has 0 radical (unpaired) electrons. The van der Waals surface area contributed by atoms with Gasteiger partial charge in [0.05, 0.1) is 20.6 Å². The summed E-state index contributed by atoms with van der Waals surface area (Å²) in [5, 5.41) is 5.65. The van der Waals surface area contributed by atoms with Crippen molar-refractivity contribution in [2.75, 3.05) is 19.5 Å². The fourth-order valence-corrected chi connectivity index (χ4v) is 2.65. The number of ether oxygens (including phenoxy) is 2. The van der Waals surface area contributed by atoms with Gasteiger partial charge in [0.2, 0.25) is 5.91 Å². The zero-order valence-electron chi connectivity index (χ0n) is 13.5. The molecule has 6 nitrogen and oxygen atoms in total. The first kappa shape index (κ1) is 15.9. The molecule has 0 bridgehead atoms. The van der Waals surface area contributed by atoms with Crippen LogP contribution in [-0.2, 0) is 17.8 Å². The average molecular weight is 326 g/mol. The van der Waals surface area contributed by atoms with E-state index in [0.717, 1.165) is 16.8 Å². The lowest BCUT2D eigenvalue weighted by Gasteiger charge is -2.10. The predicted octanol–water partition coefficient (Wildman–Crippen LogP) is 2.13. The zero-order chi connectivity index (χ0) is 17.1. The van der Waals surface area contributed by atoms with Crippen LogP contribution in [0.25, 0.3) is 0 Å². The first-order valence-electron chi connectivity index (χ1n) is 7.52. The Morgan fingerprint density at radius 3 is 2.67 bits per heavy atom. The van der Waals surface area contributed by atoms with Crippen LogP contribution in [0.5, 0.6) is 11.5 Å². The summed E-state index contributed by atoms with van der Waals surface area (Å²) in [6, 6.07) is 10.7. The third-order valence-electron chi connectivity index (χ3n) is 3.89. The first-order chi connectivity index (χ1) is 11.6. The largest absolute Gasteiger partial charge is 0.493 e. The summed E-state index contributed by atoms with van der Waals surface area (Å²) in [7, 11) is 3.07. The lowest BCUT2D eigenvalue weighted by molar-refractivity contribution is -0.115. The number of carbonyl (C=O) groups is 2. The Hall–Kier alpha value is -3.02. The topological polar surface area (TPSA) is 76.7 Å². The highest BCUT2D eigenvalue weighted by Gasteiger charge is 2.17. The van der Waals surface area contributed by atoms with Gasteiger partial charge in [-0.15, -0.1) is 0 Å². The van der Waals surface area contributed by atoms with Gasteiger partial charge in [-0.25, -0.2) is 0 Å². The van der Waals surface area contributed by atoms with Crippen molar-refractivity contribution in [3.63, 3.8) is 0 Å². The Balaban J connectivity index is 1.68. The highest BCUT2D eigenvalue weighted by atomic mass is 16.5. The second-order valence-electron chi connectivity index (χ2n) is 5.47. The molecule has 1 aliphatic heterocycles. The van der Waals surface area contributed by atoms with Crippen molar-refractivity contribution in [3.05, 3.63) is 53.1 Å². The van der Waals surface area contributed by atoms with Gasteiger partial charge in [0.25, 0.3) is 5.91 Å². The lowest BCUT2D eigenvalue weighted by Crippen LogP contribution is -2.22. The van der Waals surface area contributed by atoms with Crippen LogP contribution in [0.3, 0.4) is 0 Å². The number of methoxy groups -OCH3 is 2. The van der Waals surface area contributed by atoms with Gasteiger partial charge in [0.1, 0.15) is 0 Å². The minimum absolute atomic E-state index is 0.00323. The van der Waals surface area contributed by atoms with Crippen LogP contribution in [-0.4, -0.2) is 26.0 Å². The summed E-state index contributed by atoms with van der Waals surface area (Å²) in [6.07, 6.45) is 0.382. The quantitative estimate of drug-likeness (QED) is 0.882. The maximum Gasteiger partial charge on any atom is 0.251 e. The molecule has 2 aromatic rings. The molecule has 0 saturated carbocycles. The van der Waals surface area contributed by atoms with E-state index in [9.17, 15) is 9.59 Å². The van der Waals surface area contributed by atoms with Gasteiger partial charge in [0.15, 0.2) is 11.5 Å². The number of carbonyl (C=O) groups excluding carboxylic acids is 2. The van der Waals surface area contributed by atoms with E-state index in [2.05, 4.69) is 10.6 Å². The molecule has 1 aliphatic rings. The number of nitrogens with one attached hydrogen (secondary N) is 2. The fraction of sp³-hybridized carbons (Fsp3) is 0.222. The average Bonchev–Trinajstić information content (AvgIpc) is 2.98.